The van der Waals surface area contributed by atoms with Crippen LogP contribution in [0.5, 0.6) is 5.75 Å². The maximum atomic E-state index is 6.04. The number of hydrogen-bond acceptors (Lipinski definition) is 4. The van der Waals surface area contributed by atoms with Gasteiger partial charge in [-0.3, -0.25) is 16.3 Å². The first-order chi connectivity index (χ1) is 9.72. The lowest BCUT2D eigenvalue weighted by Gasteiger charge is -2.17. The molecule has 1 heterocycles. The second kappa shape index (κ2) is 7.24. The number of hydrogen-bond donors (Lipinski definition) is 2. The van der Waals surface area contributed by atoms with Gasteiger partial charge in [-0.05, 0) is 48.2 Å². The predicted octanol–water partition coefficient (Wildman–Crippen LogP) is 2.36. The van der Waals surface area contributed by atoms with Crippen LogP contribution in [-0.2, 0) is 12.8 Å². The van der Waals surface area contributed by atoms with Crippen molar-refractivity contribution in [3.63, 3.8) is 0 Å². The molecule has 0 aliphatic carbocycles. The highest BCUT2D eigenvalue weighted by Crippen LogP contribution is 2.24. The molecule has 2 rings (SSSR count). The number of nitrogens with two attached hydrogens (primary N) is 1. The van der Waals surface area contributed by atoms with Crippen molar-refractivity contribution in [1.29, 1.82) is 0 Å². The molecule has 3 N–H and O–H groups in total. The first-order valence-corrected chi connectivity index (χ1v) is 6.78. The molecule has 5 heteroatoms. The molecule has 1 aromatic carbocycles. The Kier molecular flexibility index (Phi) is 5.35. The Morgan fingerprint density at radius 2 is 2.20 bits per heavy atom. The Balaban J connectivity index is 2.12. The smallest absolute Gasteiger partial charge is 0.122 e. The molecule has 1 unspecified atom stereocenters. The van der Waals surface area contributed by atoms with Gasteiger partial charge in [0.05, 0.1) is 7.11 Å². The lowest BCUT2D eigenvalue weighted by molar-refractivity contribution is 0.404. The fourth-order valence-corrected chi connectivity index (χ4v) is 2.36. The molecule has 0 saturated carbocycles. The largest absolute Gasteiger partial charge is 0.496 e. The van der Waals surface area contributed by atoms with E-state index in [0.717, 1.165) is 29.7 Å². The minimum Gasteiger partial charge on any atom is -0.496 e. The van der Waals surface area contributed by atoms with Crippen molar-refractivity contribution in [3.05, 3.63) is 58.9 Å². The number of ether oxygens (including phenoxy) is 1. The second-order valence-electron chi connectivity index (χ2n) is 4.59. The Morgan fingerprint density at radius 3 is 2.85 bits per heavy atom. The van der Waals surface area contributed by atoms with Crippen molar-refractivity contribution in [2.45, 2.75) is 18.9 Å². The summed E-state index contributed by atoms with van der Waals surface area (Å²) in [5.41, 5.74) is 5.01. The Labute approximate surface area is 123 Å². The van der Waals surface area contributed by atoms with Crippen molar-refractivity contribution in [1.82, 2.24) is 10.4 Å². The van der Waals surface area contributed by atoms with Crippen molar-refractivity contribution in [3.8, 4) is 5.75 Å². The maximum Gasteiger partial charge on any atom is 0.122 e. The van der Waals surface area contributed by atoms with Crippen LogP contribution in [0.15, 0.2) is 42.7 Å². The lowest BCUT2D eigenvalue weighted by Crippen LogP contribution is -2.38. The first-order valence-electron chi connectivity index (χ1n) is 6.40. The number of aromatic nitrogens is 1. The molecule has 0 bridgehead atoms. The fraction of sp³-hybridized carbons (Fsp3) is 0.267. The summed E-state index contributed by atoms with van der Waals surface area (Å²) >= 11 is 6.04. The average molecular weight is 292 g/mol. The zero-order valence-corrected chi connectivity index (χ0v) is 12.1. The van der Waals surface area contributed by atoms with E-state index in [-0.39, 0.29) is 6.04 Å². The summed E-state index contributed by atoms with van der Waals surface area (Å²) in [7, 11) is 1.65. The van der Waals surface area contributed by atoms with Gasteiger partial charge < -0.3 is 4.74 Å². The standard InChI is InChI=1S/C15H18ClN3O/c1-20-15-5-4-13(16)8-12(15)9-14(19-17)7-11-3-2-6-18-10-11/h2-6,8,10,14,19H,7,9,17H2,1H3. The van der Waals surface area contributed by atoms with Gasteiger partial charge in [0.15, 0.2) is 0 Å². The van der Waals surface area contributed by atoms with Crippen LogP contribution in [0.2, 0.25) is 5.02 Å². The summed E-state index contributed by atoms with van der Waals surface area (Å²) in [6.45, 7) is 0. The van der Waals surface area contributed by atoms with Crippen LogP contribution in [0.4, 0.5) is 0 Å². The van der Waals surface area contributed by atoms with Gasteiger partial charge >= 0.3 is 0 Å². The van der Waals surface area contributed by atoms with Crippen LogP contribution >= 0.6 is 11.6 Å². The third kappa shape index (κ3) is 3.93. The molecule has 0 aliphatic rings. The summed E-state index contributed by atoms with van der Waals surface area (Å²) in [6, 6.07) is 9.64. The summed E-state index contributed by atoms with van der Waals surface area (Å²) in [5.74, 6) is 6.47. The van der Waals surface area contributed by atoms with Crippen LogP contribution in [0, 0.1) is 0 Å². The van der Waals surface area contributed by atoms with Crippen molar-refractivity contribution in [2.24, 2.45) is 5.84 Å². The first kappa shape index (κ1) is 14.8. The number of halogens is 1. The van der Waals surface area contributed by atoms with Crippen LogP contribution < -0.4 is 16.0 Å². The van der Waals surface area contributed by atoms with Crippen LogP contribution in [0.3, 0.4) is 0 Å². The quantitative estimate of drug-likeness (QED) is 0.634. The monoisotopic (exact) mass is 291 g/mol. The molecule has 0 saturated heterocycles. The molecule has 0 radical (unpaired) electrons. The molecule has 0 amide bonds. The summed E-state index contributed by atoms with van der Waals surface area (Å²) in [6.07, 6.45) is 5.13. The van der Waals surface area contributed by atoms with Gasteiger partial charge in [0.1, 0.15) is 5.75 Å². The molecular weight excluding hydrogens is 274 g/mol. The van der Waals surface area contributed by atoms with Crippen LogP contribution in [0.1, 0.15) is 11.1 Å². The number of hydrazine groups is 1. The predicted molar refractivity (Wildman–Crippen MR) is 80.8 cm³/mol. The van der Waals surface area contributed by atoms with E-state index in [1.165, 1.54) is 0 Å². The average Bonchev–Trinajstić information content (AvgIpc) is 2.48. The topological polar surface area (TPSA) is 60.2 Å². The minimum absolute atomic E-state index is 0.0894. The zero-order chi connectivity index (χ0) is 14.4. The van der Waals surface area contributed by atoms with E-state index in [2.05, 4.69) is 10.4 Å². The summed E-state index contributed by atoms with van der Waals surface area (Å²) < 4.78 is 5.36. The van der Waals surface area contributed by atoms with Crippen LogP contribution in [-0.4, -0.2) is 18.1 Å². The van der Waals surface area contributed by atoms with Crippen LogP contribution in [0.25, 0.3) is 0 Å². The van der Waals surface area contributed by atoms with E-state index >= 15 is 0 Å². The van der Waals surface area contributed by atoms with E-state index in [0.29, 0.717) is 5.02 Å². The van der Waals surface area contributed by atoms with Crippen molar-refractivity contribution >= 4 is 11.6 Å². The molecule has 106 valence electrons. The van der Waals surface area contributed by atoms with E-state index in [9.17, 15) is 0 Å². The number of methoxy groups -OCH3 is 1. The SMILES string of the molecule is COc1ccc(Cl)cc1CC(Cc1cccnc1)NN. The van der Waals surface area contributed by atoms with E-state index in [1.807, 2.05) is 36.5 Å². The molecule has 2 aromatic rings. The maximum absolute atomic E-state index is 6.04. The molecule has 4 nitrogen and oxygen atoms in total. The number of pyridine rings is 1. The van der Waals surface area contributed by atoms with Gasteiger partial charge in [0.2, 0.25) is 0 Å². The van der Waals surface area contributed by atoms with Crippen molar-refractivity contribution in [2.75, 3.05) is 7.11 Å². The van der Waals surface area contributed by atoms with E-state index in [4.69, 9.17) is 22.2 Å². The molecule has 0 spiro atoms. The van der Waals surface area contributed by atoms with Gasteiger partial charge in [0.25, 0.3) is 0 Å². The molecule has 1 atom stereocenters. The molecule has 0 fully saturated rings. The molecule has 20 heavy (non-hydrogen) atoms. The third-order valence-electron chi connectivity index (χ3n) is 3.15. The van der Waals surface area contributed by atoms with Gasteiger partial charge in [-0.2, -0.15) is 0 Å². The van der Waals surface area contributed by atoms with E-state index < -0.39 is 0 Å². The van der Waals surface area contributed by atoms with Gasteiger partial charge in [-0.1, -0.05) is 17.7 Å². The summed E-state index contributed by atoms with van der Waals surface area (Å²) in [5, 5.41) is 0.693. The fourth-order valence-electron chi connectivity index (χ4n) is 2.17. The van der Waals surface area contributed by atoms with Crippen molar-refractivity contribution < 1.29 is 4.74 Å². The highest BCUT2D eigenvalue weighted by Gasteiger charge is 2.13. The Morgan fingerprint density at radius 1 is 1.35 bits per heavy atom. The van der Waals surface area contributed by atoms with E-state index in [1.54, 1.807) is 13.3 Å². The number of nitrogens with one attached hydrogen (secondary N) is 1. The molecular formula is C15H18ClN3O. The minimum atomic E-state index is 0.0894. The Hall–Kier alpha value is -1.62. The Bertz CT molecular complexity index is 548. The normalized spacial score (nSPS) is 12.2. The van der Waals surface area contributed by atoms with Gasteiger partial charge in [-0.25, -0.2) is 0 Å². The van der Waals surface area contributed by atoms with Gasteiger partial charge in [-0.15, -0.1) is 0 Å². The van der Waals surface area contributed by atoms with Gasteiger partial charge in [0, 0.05) is 23.5 Å². The highest BCUT2D eigenvalue weighted by molar-refractivity contribution is 6.30. The number of benzene rings is 1. The highest BCUT2D eigenvalue weighted by atomic mass is 35.5. The lowest BCUT2D eigenvalue weighted by atomic mass is 10.00. The molecule has 1 aromatic heterocycles. The zero-order valence-electron chi connectivity index (χ0n) is 11.3. The second-order valence-corrected chi connectivity index (χ2v) is 5.03. The number of nitrogens with zero attached hydrogens (tertiary/aromatic N) is 1. The molecule has 0 aliphatic heterocycles. The number of rotatable bonds is 6. The third-order valence-corrected chi connectivity index (χ3v) is 3.38. The summed E-state index contributed by atoms with van der Waals surface area (Å²) in [4.78, 5) is 4.11.